The van der Waals surface area contributed by atoms with Crippen LogP contribution in [-0.2, 0) is 11.2 Å². The largest absolute Gasteiger partial charge is 0.384 e. The van der Waals surface area contributed by atoms with Gasteiger partial charge in [0.2, 0.25) is 5.91 Å². The van der Waals surface area contributed by atoms with E-state index < -0.39 is 23.4 Å². The third-order valence-electron chi connectivity index (χ3n) is 3.70. The van der Waals surface area contributed by atoms with Crippen molar-refractivity contribution in [1.82, 2.24) is 0 Å². The Morgan fingerprint density at radius 2 is 1.83 bits per heavy atom. The van der Waals surface area contributed by atoms with Gasteiger partial charge in [0.15, 0.2) is 17.5 Å². The van der Waals surface area contributed by atoms with Gasteiger partial charge in [-0.2, -0.15) is 0 Å². The highest BCUT2D eigenvalue weighted by Crippen LogP contribution is 2.22. The van der Waals surface area contributed by atoms with Gasteiger partial charge in [0.1, 0.15) is 0 Å². The van der Waals surface area contributed by atoms with E-state index in [1.54, 1.807) is 0 Å². The van der Waals surface area contributed by atoms with Crippen molar-refractivity contribution in [2.45, 2.75) is 26.7 Å². The molecule has 0 saturated carbocycles. The second kappa shape index (κ2) is 7.86. The summed E-state index contributed by atoms with van der Waals surface area (Å²) >= 11 is 0. The van der Waals surface area contributed by atoms with Crippen molar-refractivity contribution in [3.05, 3.63) is 58.9 Å². The quantitative estimate of drug-likeness (QED) is 0.767. The van der Waals surface area contributed by atoms with Crippen LogP contribution in [0, 0.1) is 24.4 Å². The fraction of sp³-hybridized carbons (Fsp3) is 0.278. The molecule has 0 unspecified atom stereocenters. The molecule has 0 aliphatic heterocycles. The van der Waals surface area contributed by atoms with Crippen molar-refractivity contribution in [2.75, 3.05) is 17.2 Å². The minimum atomic E-state index is -1.60. The van der Waals surface area contributed by atoms with Crippen molar-refractivity contribution in [3.63, 3.8) is 0 Å². The second-order valence-corrected chi connectivity index (χ2v) is 5.41. The van der Waals surface area contributed by atoms with Gasteiger partial charge in [0.05, 0.1) is 5.69 Å². The second-order valence-electron chi connectivity index (χ2n) is 5.41. The molecule has 0 fully saturated rings. The summed E-state index contributed by atoms with van der Waals surface area (Å²) in [5, 5.41) is 5.44. The number of anilines is 2. The van der Waals surface area contributed by atoms with Crippen LogP contribution in [0.5, 0.6) is 0 Å². The first-order valence-electron chi connectivity index (χ1n) is 7.69. The Bertz CT molecular complexity index is 747. The summed E-state index contributed by atoms with van der Waals surface area (Å²) in [6.45, 7) is 4.35. The first-order valence-corrected chi connectivity index (χ1v) is 7.69. The Morgan fingerprint density at radius 1 is 1.08 bits per heavy atom. The molecule has 0 aliphatic carbocycles. The van der Waals surface area contributed by atoms with E-state index in [2.05, 4.69) is 10.6 Å². The lowest BCUT2D eigenvalue weighted by atomic mass is 10.1. The van der Waals surface area contributed by atoms with Crippen LogP contribution in [0.1, 0.15) is 24.5 Å². The maximum atomic E-state index is 13.5. The highest BCUT2D eigenvalue weighted by Gasteiger charge is 2.15. The van der Waals surface area contributed by atoms with Crippen LogP contribution < -0.4 is 10.6 Å². The summed E-state index contributed by atoms with van der Waals surface area (Å²) in [7, 11) is 0. The van der Waals surface area contributed by atoms with E-state index in [1.807, 2.05) is 32.0 Å². The number of aryl methyl sites for hydroxylation is 2. The minimum Gasteiger partial charge on any atom is -0.384 e. The number of nitrogens with one attached hydrogen (secondary N) is 2. The monoisotopic (exact) mass is 336 g/mol. The van der Waals surface area contributed by atoms with E-state index in [0.29, 0.717) is 6.54 Å². The third-order valence-corrected chi connectivity index (χ3v) is 3.70. The number of benzene rings is 2. The van der Waals surface area contributed by atoms with Crippen LogP contribution in [0.15, 0.2) is 30.3 Å². The fourth-order valence-corrected chi connectivity index (χ4v) is 2.41. The SMILES string of the molecule is CCc1cccc(C)c1NCCC(=O)Nc1ccc(F)c(F)c1F. The number of halogens is 3. The molecule has 0 spiro atoms. The summed E-state index contributed by atoms with van der Waals surface area (Å²) in [6, 6.07) is 7.71. The molecule has 3 nitrogen and oxygen atoms in total. The number of para-hydroxylation sites is 1. The third kappa shape index (κ3) is 4.07. The number of hydrogen-bond acceptors (Lipinski definition) is 2. The molecule has 0 atom stereocenters. The van der Waals surface area contributed by atoms with Crippen molar-refractivity contribution in [1.29, 1.82) is 0 Å². The average molecular weight is 336 g/mol. The Hall–Kier alpha value is -2.50. The van der Waals surface area contributed by atoms with Gasteiger partial charge in [0, 0.05) is 18.7 Å². The van der Waals surface area contributed by atoms with E-state index in [4.69, 9.17) is 0 Å². The summed E-state index contributed by atoms with van der Waals surface area (Å²) in [6.07, 6.45) is 0.923. The number of rotatable bonds is 6. The van der Waals surface area contributed by atoms with E-state index in [0.717, 1.165) is 35.4 Å². The zero-order valence-corrected chi connectivity index (χ0v) is 13.6. The molecule has 0 aliphatic rings. The standard InChI is InChI=1S/C18H19F3N2O/c1-3-12-6-4-5-11(2)18(12)22-10-9-15(24)23-14-8-7-13(19)16(20)17(14)21/h4-8,22H,3,9-10H2,1-2H3,(H,23,24). The lowest BCUT2D eigenvalue weighted by Crippen LogP contribution is -2.18. The molecule has 0 saturated heterocycles. The number of carbonyl (C=O) groups is 1. The first kappa shape index (κ1) is 17.8. The highest BCUT2D eigenvalue weighted by molar-refractivity contribution is 5.91. The normalized spacial score (nSPS) is 10.5. The lowest BCUT2D eigenvalue weighted by Gasteiger charge is -2.14. The predicted octanol–water partition coefficient (Wildman–Crippen LogP) is 4.42. The molecular weight excluding hydrogens is 317 g/mol. The Kier molecular flexibility index (Phi) is 5.84. The van der Waals surface area contributed by atoms with Gasteiger partial charge in [0.25, 0.3) is 0 Å². The van der Waals surface area contributed by atoms with Gasteiger partial charge < -0.3 is 10.6 Å². The average Bonchev–Trinajstić information content (AvgIpc) is 2.56. The van der Waals surface area contributed by atoms with Gasteiger partial charge >= 0.3 is 0 Å². The fourth-order valence-electron chi connectivity index (χ4n) is 2.41. The molecule has 2 aromatic carbocycles. The van der Waals surface area contributed by atoms with E-state index in [1.165, 1.54) is 0 Å². The van der Waals surface area contributed by atoms with E-state index in [9.17, 15) is 18.0 Å². The topological polar surface area (TPSA) is 41.1 Å². The van der Waals surface area contributed by atoms with Crippen molar-refractivity contribution in [2.24, 2.45) is 0 Å². The first-order chi connectivity index (χ1) is 11.4. The number of hydrogen-bond donors (Lipinski definition) is 2. The van der Waals surface area contributed by atoms with Crippen LogP contribution in [0.2, 0.25) is 0 Å². The zero-order valence-electron chi connectivity index (χ0n) is 13.6. The maximum absolute atomic E-state index is 13.5. The molecule has 24 heavy (non-hydrogen) atoms. The van der Waals surface area contributed by atoms with Crippen molar-refractivity contribution < 1.29 is 18.0 Å². The molecule has 2 aromatic rings. The van der Waals surface area contributed by atoms with E-state index in [-0.39, 0.29) is 12.1 Å². The molecule has 0 heterocycles. The van der Waals surface area contributed by atoms with Crippen LogP contribution in [0.25, 0.3) is 0 Å². The molecule has 0 radical (unpaired) electrons. The molecule has 0 bridgehead atoms. The van der Waals surface area contributed by atoms with Gasteiger partial charge in [-0.25, -0.2) is 13.2 Å². The molecule has 6 heteroatoms. The Balaban J connectivity index is 1.94. The molecule has 2 rings (SSSR count). The molecular formula is C18H19F3N2O. The number of amides is 1. The minimum absolute atomic E-state index is 0.0654. The lowest BCUT2D eigenvalue weighted by molar-refractivity contribution is -0.116. The smallest absolute Gasteiger partial charge is 0.226 e. The van der Waals surface area contributed by atoms with Crippen LogP contribution >= 0.6 is 0 Å². The summed E-state index contributed by atoms with van der Waals surface area (Å²) in [5.74, 6) is -4.78. The molecule has 2 N–H and O–H groups in total. The van der Waals surface area contributed by atoms with Gasteiger partial charge in [-0.1, -0.05) is 25.1 Å². The van der Waals surface area contributed by atoms with Crippen LogP contribution in [-0.4, -0.2) is 12.5 Å². The van der Waals surface area contributed by atoms with E-state index >= 15 is 0 Å². The molecule has 1 amide bonds. The van der Waals surface area contributed by atoms with Crippen molar-refractivity contribution >= 4 is 17.3 Å². The maximum Gasteiger partial charge on any atom is 0.226 e. The van der Waals surface area contributed by atoms with Crippen molar-refractivity contribution in [3.8, 4) is 0 Å². The summed E-state index contributed by atoms with van der Waals surface area (Å²) in [5.41, 5.74) is 2.82. The number of carbonyl (C=O) groups excluding carboxylic acids is 1. The zero-order chi connectivity index (χ0) is 17.7. The van der Waals surface area contributed by atoms with Crippen LogP contribution in [0.3, 0.4) is 0 Å². The Morgan fingerprint density at radius 3 is 2.54 bits per heavy atom. The Labute approximate surface area is 138 Å². The van der Waals surface area contributed by atoms with Gasteiger partial charge in [-0.05, 0) is 36.6 Å². The highest BCUT2D eigenvalue weighted by atomic mass is 19.2. The molecule has 0 aromatic heterocycles. The summed E-state index contributed by atoms with van der Waals surface area (Å²) < 4.78 is 39.5. The summed E-state index contributed by atoms with van der Waals surface area (Å²) in [4.78, 5) is 11.9. The van der Waals surface area contributed by atoms with Gasteiger partial charge in [-0.15, -0.1) is 0 Å². The van der Waals surface area contributed by atoms with Gasteiger partial charge in [-0.3, -0.25) is 4.79 Å². The molecule has 128 valence electrons. The predicted molar refractivity (Wildman–Crippen MR) is 88.6 cm³/mol. The van der Waals surface area contributed by atoms with Crippen LogP contribution in [0.4, 0.5) is 24.5 Å².